The zero-order valence-electron chi connectivity index (χ0n) is 17.5. The van der Waals surface area contributed by atoms with E-state index < -0.39 is 11.5 Å². The zero-order valence-corrected chi connectivity index (χ0v) is 18.3. The number of amides is 1. The molecule has 7 heteroatoms. The van der Waals surface area contributed by atoms with Crippen molar-refractivity contribution in [2.45, 2.75) is 18.6 Å². The van der Waals surface area contributed by atoms with E-state index in [0.717, 1.165) is 11.1 Å². The Morgan fingerprint density at radius 1 is 1.06 bits per heavy atom. The molecule has 2 aliphatic rings. The van der Waals surface area contributed by atoms with Gasteiger partial charge in [0.05, 0.1) is 18.7 Å². The maximum absolute atomic E-state index is 13.3. The third kappa shape index (κ3) is 3.99. The average Bonchev–Trinajstić information content (AvgIpc) is 3.35. The first-order valence-corrected chi connectivity index (χ1v) is 10.8. The number of para-hydroxylation sites is 1. The summed E-state index contributed by atoms with van der Waals surface area (Å²) in [6.07, 6.45) is 2.63. The lowest BCUT2D eigenvalue weighted by Crippen LogP contribution is -2.41. The molecule has 5 rings (SSSR count). The highest BCUT2D eigenvalue weighted by molar-refractivity contribution is 6.30. The van der Waals surface area contributed by atoms with Gasteiger partial charge in [-0.2, -0.15) is 0 Å². The standard InChI is InChI=1S/C26H20ClNO5/c27-19-5-3-4-18(12-19)15-28-22-7-2-1-6-21(22)26(31,25(28)30)14-20(29)10-8-17-9-11-23-24(13-17)33-16-32-23/h1-13,31H,14-16H2/b10-8+/t26-/m1/s1. The number of nitrogens with zero attached hydrogens (tertiary/aromatic N) is 1. The molecule has 33 heavy (non-hydrogen) atoms. The van der Waals surface area contributed by atoms with Crippen LogP contribution in [0.5, 0.6) is 11.5 Å². The van der Waals surface area contributed by atoms with Gasteiger partial charge in [0.15, 0.2) is 22.9 Å². The number of fused-ring (bicyclic) bond motifs is 2. The molecule has 2 aliphatic heterocycles. The van der Waals surface area contributed by atoms with E-state index in [1.807, 2.05) is 6.07 Å². The fraction of sp³-hybridized carbons (Fsp3) is 0.154. The van der Waals surface area contributed by atoms with Crippen molar-refractivity contribution in [3.63, 3.8) is 0 Å². The topological polar surface area (TPSA) is 76.1 Å². The molecule has 2 heterocycles. The van der Waals surface area contributed by atoms with Crippen molar-refractivity contribution in [3.8, 4) is 11.5 Å². The number of ketones is 1. The molecule has 1 N–H and O–H groups in total. The van der Waals surface area contributed by atoms with Gasteiger partial charge in [-0.25, -0.2) is 0 Å². The minimum Gasteiger partial charge on any atom is -0.454 e. The number of hydrogen-bond donors (Lipinski definition) is 1. The van der Waals surface area contributed by atoms with Gasteiger partial charge in [0.25, 0.3) is 5.91 Å². The summed E-state index contributed by atoms with van der Waals surface area (Å²) in [7, 11) is 0. The largest absolute Gasteiger partial charge is 0.454 e. The molecule has 0 saturated heterocycles. The van der Waals surface area contributed by atoms with Crippen LogP contribution in [-0.4, -0.2) is 23.6 Å². The van der Waals surface area contributed by atoms with E-state index >= 15 is 0 Å². The van der Waals surface area contributed by atoms with Crippen LogP contribution in [0.15, 0.2) is 72.8 Å². The van der Waals surface area contributed by atoms with Crippen molar-refractivity contribution in [1.29, 1.82) is 0 Å². The second-order valence-corrected chi connectivity index (χ2v) is 8.42. The van der Waals surface area contributed by atoms with Gasteiger partial charge in [-0.3, -0.25) is 9.59 Å². The van der Waals surface area contributed by atoms with Crippen molar-refractivity contribution in [2.24, 2.45) is 0 Å². The van der Waals surface area contributed by atoms with Gasteiger partial charge < -0.3 is 19.5 Å². The van der Waals surface area contributed by atoms with E-state index in [2.05, 4.69) is 0 Å². The predicted molar refractivity (Wildman–Crippen MR) is 124 cm³/mol. The van der Waals surface area contributed by atoms with Gasteiger partial charge in [0.2, 0.25) is 6.79 Å². The Labute approximate surface area is 195 Å². The van der Waals surface area contributed by atoms with E-state index in [9.17, 15) is 14.7 Å². The summed E-state index contributed by atoms with van der Waals surface area (Å²) in [5.74, 6) is 0.358. The number of benzene rings is 3. The number of halogens is 1. The van der Waals surface area contributed by atoms with Gasteiger partial charge in [-0.1, -0.05) is 54.1 Å². The number of aliphatic hydroxyl groups is 1. The number of allylic oxidation sites excluding steroid dienone is 1. The van der Waals surface area contributed by atoms with E-state index in [1.54, 1.807) is 66.7 Å². The fourth-order valence-electron chi connectivity index (χ4n) is 4.17. The molecule has 166 valence electrons. The Kier molecular flexibility index (Phi) is 5.40. The lowest BCUT2D eigenvalue weighted by atomic mass is 9.89. The van der Waals surface area contributed by atoms with Crippen molar-refractivity contribution in [3.05, 3.63) is 94.5 Å². The summed E-state index contributed by atoms with van der Waals surface area (Å²) in [6, 6.07) is 19.5. The SMILES string of the molecule is O=C(/C=C/c1ccc2c(c1)OCO2)C[C@]1(O)C(=O)N(Cc2cccc(Cl)c2)c2ccccc21. The summed E-state index contributed by atoms with van der Waals surface area (Å²) in [5, 5.41) is 12.0. The first-order valence-electron chi connectivity index (χ1n) is 10.4. The number of rotatable bonds is 6. The molecule has 0 aromatic heterocycles. The van der Waals surface area contributed by atoms with Crippen molar-refractivity contribution >= 4 is 35.1 Å². The van der Waals surface area contributed by atoms with Crippen LogP contribution in [-0.2, 0) is 21.7 Å². The number of carbonyl (C=O) groups excluding carboxylic acids is 2. The first-order chi connectivity index (χ1) is 15.9. The Morgan fingerprint density at radius 3 is 2.73 bits per heavy atom. The molecule has 3 aromatic rings. The molecule has 1 atom stereocenters. The Balaban J connectivity index is 1.38. The van der Waals surface area contributed by atoms with Crippen molar-refractivity contribution in [2.75, 3.05) is 11.7 Å². The predicted octanol–water partition coefficient (Wildman–Crippen LogP) is 4.48. The minimum absolute atomic E-state index is 0.168. The van der Waals surface area contributed by atoms with Gasteiger partial charge in [0, 0.05) is 10.6 Å². The molecule has 0 fully saturated rings. The Hall–Kier alpha value is -3.61. The number of anilines is 1. The van der Waals surface area contributed by atoms with Crippen LogP contribution >= 0.6 is 11.6 Å². The van der Waals surface area contributed by atoms with E-state index in [0.29, 0.717) is 27.8 Å². The molecule has 0 unspecified atom stereocenters. The second kappa shape index (κ2) is 8.39. The molecule has 0 spiro atoms. The molecule has 1 amide bonds. The minimum atomic E-state index is -1.94. The summed E-state index contributed by atoms with van der Waals surface area (Å²) in [6.45, 7) is 0.404. The molecule has 0 radical (unpaired) electrons. The third-order valence-corrected chi connectivity index (χ3v) is 5.99. The summed E-state index contributed by atoms with van der Waals surface area (Å²) in [5.41, 5.74) is 0.634. The smallest absolute Gasteiger partial charge is 0.264 e. The Morgan fingerprint density at radius 2 is 1.88 bits per heavy atom. The molecular formula is C26H20ClNO5. The summed E-state index contributed by atoms with van der Waals surface area (Å²) >= 11 is 6.09. The molecule has 0 aliphatic carbocycles. The number of ether oxygens (including phenoxy) is 2. The first kappa shape index (κ1) is 21.2. The summed E-state index contributed by atoms with van der Waals surface area (Å²) < 4.78 is 10.6. The Bertz CT molecular complexity index is 1290. The monoisotopic (exact) mass is 461 g/mol. The van der Waals surface area contributed by atoms with Crippen molar-refractivity contribution in [1.82, 2.24) is 0 Å². The van der Waals surface area contributed by atoms with Crippen LogP contribution in [0.3, 0.4) is 0 Å². The van der Waals surface area contributed by atoms with E-state index in [1.165, 1.54) is 11.0 Å². The van der Waals surface area contributed by atoms with Crippen LogP contribution < -0.4 is 14.4 Å². The van der Waals surface area contributed by atoms with Gasteiger partial charge in [-0.15, -0.1) is 0 Å². The molecule has 0 saturated carbocycles. The molecule has 0 bridgehead atoms. The van der Waals surface area contributed by atoms with Gasteiger partial charge in [0.1, 0.15) is 0 Å². The average molecular weight is 462 g/mol. The zero-order chi connectivity index (χ0) is 23.0. The molecule has 3 aromatic carbocycles. The van der Waals surface area contributed by atoms with Gasteiger partial charge >= 0.3 is 0 Å². The molecule has 6 nitrogen and oxygen atoms in total. The lowest BCUT2D eigenvalue weighted by molar-refractivity contribution is -0.140. The van der Waals surface area contributed by atoms with Crippen molar-refractivity contribution < 1.29 is 24.2 Å². The van der Waals surface area contributed by atoms with Crippen LogP contribution in [0.25, 0.3) is 6.08 Å². The third-order valence-electron chi connectivity index (χ3n) is 5.76. The quantitative estimate of drug-likeness (QED) is 0.548. The number of hydrogen-bond acceptors (Lipinski definition) is 5. The number of carbonyl (C=O) groups is 2. The molecular weight excluding hydrogens is 442 g/mol. The highest BCUT2D eigenvalue weighted by Crippen LogP contribution is 2.43. The maximum atomic E-state index is 13.3. The normalized spacial score (nSPS) is 18.7. The van der Waals surface area contributed by atoms with Gasteiger partial charge in [-0.05, 0) is 47.5 Å². The fourth-order valence-corrected chi connectivity index (χ4v) is 4.38. The maximum Gasteiger partial charge on any atom is 0.264 e. The highest BCUT2D eigenvalue weighted by Gasteiger charge is 2.50. The summed E-state index contributed by atoms with van der Waals surface area (Å²) in [4.78, 5) is 27.6. The highest BCUT2D eigenvalue weighted by atomic mass is 35.5. The van der Waals surface area contributed by atoms with Crippen LogP contribution in [0.4, 0.5) is 5.69 Å². The van der Waals surface area contributed by atoms with Crippen LogP contribution in [0.1, 0.15) is 23.1 Å². The van der Waals surface area contributed by atoms with Crippen LogP contribution in [0, 0.1) is 0 Å². The second-order valence-electron chi connectivity index (χ2n) is 7.99. The lowest BCUT2D eigenvalue weighted by Gasteiger charge is -2.22. The van der Waals surface area contributed by atoms with E-state index in [4.69, 9.17) is 21.1 Å². The van der Waals surface area contributed by atoms with Crippen LogP contribution in [0.2, 0.25) is 5.02 Å². The van der Waals surface area contributed by atoms with E-state index in [-0.39, 0.29) is 25.5 Å².